The Morgan fingerprint density at radius 3 is 2.75 bits per heavy atom. The zero-order valence-corrected chi connectivity index (χ0v) is 16.5. The van der Waals surface area contributed by atoms with Crippen LogP contribution in [0.3, 0.4) is 0 Å². The number of phenolic OH excluding ortho intramolecular Hbond substituents is 1. The highest BCUT2D eigenvalue weighted by atomic mass is 16.5. The molecule has 0 spiro atoms. The van der Waals surface area contributed by atoms with Crippen molar-refractivity contribution in [3.05, 3.63) is 47.9 Å². The van der Waals surface area contributed by atoms with Gasteiger partial charge in [-0.3, -0.25) is 4.98 Å². The Morgan fingerprint density at radius 2 is 2.14 bits per heavy atom. The molecule has 2 aromatic heterocycles. The van der Waals surface area contributed by atoms with Crippen molar-refractivity contribution in [1.82, 2.24) is 14.5 Å². The van der Waals surface area contributed by atoms with Crippen LogP contribution in [0.2, 0.25) is 0 Å². The lowest BCUT2D eigenvalue weighted by molar-refractivity contribution is 0.0526. The average molecular weight is 379 g/mol. The third-order valence-electron chi connectivity index (χ3n) is 5.05. The smallest absolute Gasteiger partial charge is 0.340 e. The van der Waals surface area contributed by atoms with Crippen LogP contribution in [0.15, 0.2) is 36.7 Å². The summed E-state index contributed by atoms with van der Waals surface area (Å²) >= 11 is 0. The van der Waals surface area contributed by atoms with E-state index in [-0.39, 0.29) is 11.7 Å². The van der Waals surface area contributed by atoms with E-state index in [1.807, 2.05) is 39.2 Å². The predicted octanol–water partition coefficient (Wildman–Crippen LogP) is 3.98. The van der Waals surface area contributed by atoms with Crippen LogP contribution in [-0.2, 0) is 11.3 Å². The molecule has 1 N–H and O–H groups in total. The molecular weight excluding hydrogens is 354 g/mol. The van der Waals surface area contributed by atoms with Crippen LogP contribution in [0.5, 0.6) is 5.75 Å². The summed E-state index contributed by atoms with van der Waals surface area (Å²) in [6, 6.07) is 7.82. The van der Waals surface area contributed by atoms with E-state index in [1.54, 1.807) is 18.5 Å². The molecule has 2 heterocycles. The van der Waals surface area contributed by atoms with Gasteiger partial charge < -0.3 is 19.3 Å². The lowest BCUT2D eigenvalue weighted by Crippen LogP contribution is -2.18. The molecule has 0 unspecified atom stereocenters. The molecule has 1 aliphatic rings. The normalized spacial score (nSPS) is 14.0. The first-order valence-corrected chi connectivity index (χ1v) is 9.63. The standard InChI is InChI=1S/C22H25N3O3/c1-4-28-22(27)21-17-11-20(26)16(14-6-5-9-23-12-14)10-18(17)25(15-7-8-15)19(21)13-24(2)3/h5-6,9-12,15,26H,4,7-8,13H2,1-3H3. The lowest BCUT2D eigenvalue weighted by atomic mass is 10.0. The van der Waals surface area contributed by atoms with Crippen LogP contribution < -0.4 is 0 Å². The van der Waals surface area contributed by atoms with Crippen molar-refractivity contribution in [2.45, 2.75) is 32.4 Å². The third-order valence-corrected chi connectivity index (χ3v) is 5.05. The van der Waals surface area contributed by atoms with Crippen molar-refractivity contribution in [3.63, 3.8) is 0 Å². The molecule has 1 fully saturated rings. The largest absolute Gasteiger partial charge is 0.507 e. The fraction of sp³-hybridized carbons (Fsp3) is 0.364. The first-order chi connectivity index (χ1) is 13.5. The van der Waals surface area contributed by atoms with Gasteiger partial charge in [-0.25, -0.2) is 4.79 Å². The number of aromatic hydroxyl groups is 1. The number of carbonyl (C=O) groups is 1. The van der Waals surface area contributed by atoms with Crippen LogP contribution in [0.4, 0.5) is 0 Å². The number of hydrogen-bond donors (Lipinski definition) is 1. The van der Waals surface area contributed by atoms with Crippen molar-refractivity contribution in [2.75, 3.05) is 20.7 Å². The van der Waals surface area contributed by atoms with Crippen LogP contribution >= 0.6 is 0 Å². The highest BCUT2D eigenvalue weighted by Gasteiger charge is 2.33. The average Bonchev–Trinajstić information content (AvgIpc) is 3.44. The Kier molecular flexibility index (Phi) is 4.81. The number of esters is 1. The maximum Gasteiger partial charge on any atom is 0.340 e. The molecule has 0 bridgehead atoms. The van der Waals surface area contributed by atoms with Crippen molar-refractivity contribution in [3.8, 4) is 16.9 Å². The molecular formula is C22H25N3O3. The molecule has 1 aromatic carbocycles. The quantitative estimate of drug-likeness (QED) is 0.656. The van der Waals surface area contributed by atoms with Gasteiger partial charge >= 0.3 is 5.97 Å². The Balaban J connectivity index is 2.01. The van der Waals surface area contributed by atoms with Crippen molar-refractivity contribution in [1.29, 1.82) is 0 Å². The number of aromatic nitrogens is 2. The highest BCUT2D eigenvalue weighted by Crippen LogP contribution is 2.44. The van der Waals surface area contributed by atoms with Gasteiger partial charge in [-0.2, -0.15) is 0 Å². The summed E-state index contributed by atoms with van der Waals surface area (Å²) in [4.78, 5) is 19.1. The first kappa shape index (κ1) is 18.5. The number of ether oxygens (including phenoxy) is 1. The van der Waals surface area contributed by atoms with Crippen LogP contribution in [0.25, 0.3) is 22.0 Å². The van der Waals surface area contributed by atoms with Crippen LogP contribution in [-0.4, -0.2) is 46.2 Å². The van der Waals surface area contributed by atoms with E-state index in [9.17, 15) is 9.90 Å². The topological polar surface area (TPSA) is 67.6 Å². The molecule has 0 amide bonds. The lowest BCUT2D eigenvalue weighted by Gasteiger charge is -2.15. The molecule has 0 atom stereocenters. The minimum absolute atomic E-state index is 0.135. The molecule has 0 saturated heterocycles. The Hall–Kier alpha value is -2.86. The van der Waals surface area contributed by atoms with E-state index >= 15 is 0 Å². The predicted molar refractivity (Wildman–Crippen MR) is 108 cm³/mol. The molecule has 1 aliphatic carbocycles. The minimum Gasteiger partial charge on any atom is -0.507 e. The second kappa shape index (κ2) is 7.28. The van der Waals surface area contributed by atoms with Crippen molar-refractivity contribution < 1.29 is 14.6 Å². The van der Waals surface area contributed by atoms with E-state index in [0.717, 1.165) is 35.0 Å². The third kappa shape index (κ3) is 3.24. The summed E-state index contributed by atoms with van der Waals surface area (Å²) in [5.41, 5.74) is 4.03. The fourth-order valence-corrected chi connectivity index (χ4v) is 3.79. The summed E-state index contributed by atoms with van der Waals surface area (Å²) in [6.45, 7) is 2.75. The zero-order valence-electron chi connectivity index (χ0n) is 16.5. The fourth-order valence-electron chi connectivity index (χ4n) is 3.79. The van der Waals surface area contributed by atoms with Gasteiger partial charge in [0.05, 0.1) is 17.7 Å². The molecule has 4 rings (SSSR count). The number of hydrogen-bond acceptors (Lipinski definition) is 5. The van der Waals surface area contributed by atoms with Gasteiger partial charge in [-0.15, -0.1) is 0 Å². The number of phenols is 1. The molecule has 0 aliphatic heterocycles. The van der Waals surface area contributed by atoms with E-state index in [1.165, 1.54) is 0 Å². The van der Waals surface area contributed by atoms with E-state index in [4.69, 9.17) is 4.74 Å². The second-order valence-corrected chi connectivity index (χ2v) is 7.51. The van der Waals surface area contributed by atoms with Gasteiger partial charge in [-0.05, 0) is 52.1 Å². The number of carbonyl (C=O) groups excluding carboxylic acids is 1. The van der Waals surface area contributed by atoms with Crippen LogP contribution in [0, 0.1) is 0 Å². The zero-order chi connectivity index (χ0) is 19.8. The molecule has 146 valence electrons. The van der Waals surface area contributed by atoms with Gasteiger partial charge in [0.1, 0.15) is 5.75 Å². The van der Waals surface area contributed by atoms with Gasteiger partial charge in [0.25, 0.3) is 0 Å². The SMILES string of the molecule is CCOC(=O)c1c(CN(C)C)n(C2CC2)c2cc(-c3cccnc3)c(O)cc12. The van der Waals surface area contributed by atoms with E-state index in [2.05, 4.69) is 14.5 Å². The monoisotopic (exact) mass is 379 g/mol. The number of fused-ring (bicyclic) bond motifs is 1. The van der Waals surface area contributed by atoms with Gasteiger partial charge in [0.15, 0.2) is 0 Å². The highest BCUT2D eigenvalue weighted by molar-refractivity contribution is 6.07. The molecule has 0 radical (unpaired) electrons. The number of pyridine rings is 1. The van der Waals surface area contributed by atoms with Gasteiger partial charge in [0, 0.05) is 47.2 Å². The number of benzene rings is 1. The summed E-state index contributed by atoms with van der Waals surface area (Å²) in [5, 5.41) is 11.5. The Morgan fingerprint density at radius 1 is 1.36 bits per heavy atom. The van der Waals surface area contributed by atoms with Gasteiger partial charge in [-0.1, -0.05) is 6.07 Å². The van der Waals surface area contributed by atoms with E-state index < -0.39 is 0 Å². The van der Waals surface area contributed by atoms with Crippen molar-refractivity contribution in [2.24, 2.45) is 0 Å². The number of rotatable bonds is 6. The summed E-state index contributed by atoms with van der Waals surface area (Å²) in [7, 11) is 3.98. The first-order valence-electron chi connectivity index (χ1n) is 9.63. The molecule has 28 heavy (non-hydrogen) atoms. The summed E-state index contributed by atoms with van der Waals surface area (Å²) in [6.07, 6.45) is 5.63. The molecule has 6 nitrogen and oxygen atoms in total. The molecule has 3 aromatic rings. The van der Waals surface area contributed by atoms with Crippen LogP contribution in [0.1, 0.15) is 41.9 Å². The maximum atomic E-state index is 12.8. The Bertz CT molecular complexity index is 1020. The van der Waals surface area contributed by atoms with Crippen molar-refractivity contribution >= 4 is 16.9 Å². The number of nitrogens with zero attached hydrogens (tertiary/aromatic N) is 3. The summed E-state index contributed by atoms with van der Waals surface area (Å²) < 4.78 is 7.63. The summed E-state index contributed by atoms with van der Waals surface area (Å²) in [5.74, 6) is -0.201. The van der Waals surface area contributed by atoms with Gasteiger partial charge in [0.2, 0.25) is 0 Å². The molecule has 6 heteroatoms. The Labute approximate surface area is 164 Å². The second-order valence-electron chi connectivity index (χ2n) is 7.51. The maximum absolute atomic E-state index is 12.8. The van der Waals surface area contributed by atoms with E-state index in [0.29, 0.717) is 30.3 Å². The molecule has 1 saturated carbocycles. The minimum atomic E-state index is -0.336.